The smallest absolute Gasteiger partial charge is 0.196 e. The van der Waals surface area contributed by atoms with Gasteiger partial charge in [0.25, 0.3) is 0 Å². The maximum absolute atomic E-state index is 13.4. The summed E-state index contributed by atoms with van der Waals surface area (Å²) in [4.78, 5) is 26.8. The number of ether oxygens (including phenoxy) is 2. The molecule has 0 heterocycles. The Labute approximate surface area is 204 Å². The van der Waals surface area contributed by atoms with Gasteiger partial charge >= 0.3 is 0 Å². The van der Waals surface area contributed by atoms with Gasteiger partial charge in [-0.2, -0.15) is 0 Å². The summed E-state index contributed by atoms with van der Waals surface area (Å²) in [6.45, 7) is 0. The lowest BCUT2D eigenvalue weighted by molar-refractivity contribution is 0.0980. The average Bonchev–Trinajstić information content (AvgIpc) is 2.82. The summed E-state index contributed by atoms with van der Waals surface area (Å²) in [6, 6.07) is 19.7. The number of rotatable bonds is 4. The first-order valence-corrected chi connectivity index (χ1v) is 10.9. The highest BCUT2D eigenvalue weighted by Crippen LogP contribution is 2.50. The fourth-order valence-corrected chi connectivity index (χ4v) is 4.22. The van der Waals surface area contributed by atoms with Gasteiger partial charge in [-0.15, -0.1) is 0 Å². The van der Waals surface area contributed by atoms with Crippen LogP contribution in [0.5, 0.6) is 23.0 Å². The highest BCUT2D eigenvalue weighted by Gasteiger charge is 2.37. The van der Waals surface area contributed by atoms with E-state index < -0.39 is 11.6 Å². The van der Waals surface area contributed by atoms with Gasteiger partial charge in [0.05, 0.1) is 22.5 Å². The van der Waals surface area contributed by atoms with Crippen molar-refractivity contribution in [1.82, 2.24) is 0 Å². The standard InChI is InChI=1S/C26H16Cl2N2O4/c27-13-5-3-7-15(11-13)33-25-21(29)19-20(24(32)18-10-2-1-9-17(18)23(19)31)22(30)26(25)34-16-8-4-6-14(28)12-16/h1-12H,29-30H2. The van der Waals surface area contributed by atoms with Crippen molar-refractivity contribution in [2.75, 3.05) is 11.5 Å². The van der Waals surface area contributed by atoms with Crippen LogP contribution in [0.25, 0.3) is 0 Å². The van der Waals surface area contributed by atoms with Crippen LogP contribution < -0.4 is 20.9 Å². The first kappa shape index (κ1) is 21.8. The minimum atomic E-state index is -0.431. The number of carbonyl (C=O) groups is 2. The molecule has 168 valence electrons. The van der Waals surface area contributed by atoms with Crippen LogP contribution in [0, 0.1) is 0 Å². The molecule has 0 unspecified atom stereocenters. The van der Waals surface area contributed by atoms with Gasteiger partial charge in [-0.3, -0.25) is 9.59 Å². The van der Waals surface area contributed by atoms with E-state index >= 15 is 0 Å². The number of halogens is 2. The van der Waals surface area contributed by atoms with Crippen molar-refractivity contribution in [3.05, 3.63) is 105 Å². The van der Waals surface area contributed by atoms with Gasteiger partial charge in [0.15, 0.2) is 23.1 Å². The Morgan fingerprint density at radius 2 is 1.00 bits per heavy atom. The van der Waals surface area contributed by atoms with E-state index in [-0.39, 0.29) is 45.1 Å². The van der Waals surface area contributed by atoms with Gasteiger partial charge in [-0.05, 0) is 36.4 Å². The van der Waals surface area contributed by atoms with Gasteiger partial charge in [0.2, 0.25) is 0 Å². The number of hydrogen-bond donors (Lipinski definition) is 2. The van der Waals surface area contributed by atoms with E-state index in [4.69, 9.17) is 44.1 Å². The molecule has 0 amide bonds. The zero-order valence-electron chi connectivity index (χ0n) is 17.5. The van der Waals surface area contributed by atoms with Crippen LogP contribution in [0.4, 0.5) is 11.4 Å². The summed E-state index contributed by atoms with van der Waals surface area (Å²) >= 11 is 12.2. The molecule has 0 atom stereocenters. The molecule has 5 rings (SSSR count). The highest BCUT2D eigenvalue weighted by atomic mass is 35.5. The van der Waals surface area contributed by atoms with E-state index in [1.165, 1.54) is 0 Å². The molecule has 8 heteroatoms. The van der Waals surface area contributed by atoms with Crippen LogP contribution in [-0.4, -0.2) is 11.6 Å². The van der Waals surface area contributed by atoms with E-state index in [9.17, 15) is 9.59 Å². The monoisotopic (exact) mass is 490 g/mol. The summed E-state index contributed by atoms with van der Waals surface area (Å²) < 4.78 is 12.1. The molecule has 1 aliphatic rings. The van der Waals surface area contributed by atoms with Crippen molar-refractivity contribution in [3.63, 3.8) is 0 Å². The molecule has 0 aromatic heterocycles. The van der Waals surface area contributed by atoms with E-state index in [1.54, 1.807) is 72.8 Å². The van der Waals surface area contributed by atoms with Crippen LogP contribution in [-0.2, 0) is 0 Å². The molecule has 0 spiro atoms. The SMILES string of the molecule is Nc1c(Oc2cccc(Cl)c2)c(Oc2cccc(Cl)c2)c(N)c2c1C(=O)c1ccccc1C2=O. The van der Waals surface area contributed by atoms with Crippen LogP contribution in [0.2, 0.25) is 10.0 Å². The Balaban J connectivity index is 1.76. The van der Waals surface area contributed by atoms with Crippen molar-refractivity contribution in [1.29, 1.82) is 0 Å². The number of nitrogen functional groups attached to an aromatic ring is 2. The second-order valence-electron chi connectivity index (χ2n) is 7.56. The van der Waals surface area contributed by atoms with E-state index in [2.05, 4.69) is 0 Å². The van der Waals surface area contributed by atoms with Crippen molar-refractivity contribution in [3.8, 4) is 23.0 Å². The second kappa shape index (κ2) is 8.41. The van der Waals surface area contributed by atoms with Crippen LogP contribution in [0.3, 0.4) is 0 Å². The fraction of sp³-hybridized carbons (Fsp3) is 0. The molecule has 0 fully saturated rings. The Bertz CT molecular complexity index is 1390. The molecular formula is C26H16Cl2N2O4. The quantitative estimate of drug-likeness (QED) is 0.278. The highest BCUT2D eigenvalue weighted by molar-refractivity contribution is 6.33. The number of anilines is 2. The molecule has 34 heavy (non-hydrogen) atoms. The molecule has 6 nitrogen and oxygen atoms in total. The molecular weight excluding hydrogens is 475 g/mol. The topological polar surface area (TPSA) is 105 Å². The van der Waals surface area contributed by atoms with Crippen molar-refractivity contribution in [2.24, 2.45) is 0 Å². The minimum Gasteiger partial charge on any atom is -0.451 e. The van der Waals surface area contributed by atoms with Crippen molar-refractivity contribution >= 4 is 46.1 Å². The minimum absolute atomic E-state index is 0.0148. The Kier molecular flexibility index (Phi) is 5.40. The van der Waals surface area contributed by atoms with Gasteiger partial charge in [0.1, 0.15) is 11.5 Å². The van der Waals surface area contributed by atoms with E-state index in [0.29, 0.717) is 21.5 Å². The molecule has 0 radical (unpaired) electrons. The zero-order chi connectivity index (χ0) is 24.0. The Hall–Kier alpha value is -4.00. The number of fused-ring (bicyclic) bond motifs is 2. The summed E-state index contributed by atoms with van der Waals surface area (Å²) in [7, 11) is 0. The number of nitrogens with two attached hydrogens (primary N) is 2. The van der Waals surface area contributed by atoms with E-state index in [1.807, 2.05) is 0 Å². The lowest BCUT2D eigenvalue weighted by Crippen LogP contribution is -2.24. The average molecular weight is 491 g/mol. The molecule has 4 N–H and O–H groups in total. The van der Waals surface area contributed by atoms with Crippen LogP contribution in [0.15, 0.2) is 72.8 Å². The van der Waals surface area contributed by atoms with Crippen LogP contribution in [0.1, 0.15) is 31.8 Å². The maximum Gasteiger partial charge on any atom is 0.196 e. The predicted octanol–water partition coefficient (Wildman–Crippen LogP) is 6.52. The third-order valence-electron chi connectivity index (χ3n) is 5.39. The normalized spacial score (nSPS) is 12.2. The molecule has 1 aliphatic carbocycles. The first-order chi connectivity index (χ1) is 16.3. The summed E-state index contributed by atoms with van der Waals surface area (Å²) in [5.41, 5.74) is 13.2. The summed E-state index contributed by atoms with van der Waals surface area (Å²) in [5, 5.41) is 0.860. The lowest BCUT2D eigenvalue weighted by atomic mass is 9.82. The molecule has 0 saturated carbocycles. The van der Waals surface area contributed by atoms with Gasteiger partial charge in [-0.1, -0.05) is 59.6 Å². The van der Waals surface area contributed by atoms with Crippen molar-refractivity contribution < 1.29 is 19.1 Å². The first-order valence-electron chi connectivity index (χ1n) is 10.2. The predicted molar refractivity (Wildman–Crippen MR) is 132 cm³/mol. The van der Waals surface area contributed by atoms with Gasteiger partial charge < -0.3 is 20.9 Å². The Morgan fingerprint density at radius 3 is 1.38 bits per heavy atom. The van der Waals surface area contributed by atoms with Gasteiger partial charge in [0, 0.05) is 21.2 Å². The van der Waals surface area contributed by atoms with E-state index in [0.717, 1.165) is 0 Å². The Morgan fingerprint density at radius 1 is 0.588 bits per heavy atom. The molecule has 0 aliphatic heterocycles. The number of benzene rings is 4. The molecule has 4 aromatic carbocycles. The largest absolute Gasteiger partial charge is 0.451 e. The zero-order valence-corrected chi connectivity index (χ0v) is 19.0. The maximum atomic E-state index is 13.4. The fourth-order valence-electron chi connectivity index (χ4n) is 3.86. The third-order valence-corrected chi connectivity index (χ3v) is 5.86. The number of carbonyl (C=O) groups excluding carboxylic acids is 2. The third kappa shape index (κ3) is 3.63. The van der Waals surface area contributed by atoms with Crippen LogP contribution >= 0.6 is 23.2 Å². The van der Waals surface area contributed by atoms with Crippen molar-refractivity contribution in [2.45, 2.75) is 0 Å². The second-order valence-corrected chi connectivity index (χ2v) is 8.43. The molecule has 0 saturated heterocycles. The summed E-state index contributed by atoms with van der Waals surface area (Å²) in [6.07, 6.45) is 0. The summed E-state index contributed by atoms with van der Waals surface area (Å²) in [5.74, 6) is -0.216. The number of hydrogen-bond acceptors (Lipinski definition) is 6. The van der Waals surface area contributed by atoms with Gasteiger partial charge in [-0.25, -0.2) is 0 Å². The molecule has 0 bridgehead atoms. The molecule has 4 aromatic rings. The lowest BCUT2D eigenvalue weighted by Gasteiger charge is -2.25. The number of ketones is 2.